The van der Waals surface area contributed by atoms with Gasteiger partial charge < -0.3 is 28.8 Å². The highest BCUT2D eigenvalue weighted by atomic mass is 16.6. The van der Waals surface area contributed by atoms with Gasteiger partial charge in [0.1, 0.15) is 18.1 Å². The Hall–Kier alpha value is -3.30. The molecule has 156 valence electrons. The summed E-state index contributed by atoms with van der Waals surface area (Å²) in [6.45, 7) is 7.15. The number of hydrogen-bond donors (Lipinski definition) is 1. The second-order valence-electron chi connectivity index (χ2n) is 7.61. The molecule has 1 aliphatic heterocycles. The molecule has 2 amide bonds. The summed E-state index contributed by atoms with van der Waals surface area (Å²) in [5.74, 6) is 1.36. The fraction of sp³-hybridized carbons (Fsp3) is 0.474. The Labute approximate surface area is 168 Å². The Morgan fingerprint density at radius 1 is 1.34 bits per heavy atom. The fourth-order valence-electron chi connectivity index (χ4n) is 2.63. The molecule has 29 heavy (non-hydrogen) atoms. The average Bonchev–Trinajstić information content (AvgIpc) is 3.01. The SMILES string of the molecule is Cc1nnc(COc2ccc3c(c2)N(C)C(=O)[C@@H](OC(=O)NC(C)(C)C)CO3)o1. The number of aromatic nitrogens is 2. The molecule has 2 heterocycles. The molecule has 10 heteroatoms. The standard InChI is InChI=1S/C19H24N4O6/c1-11-21-22-16(28-11)10-26-12-6-7-14-13(8-12)23(5)17(24)15(9-27-14)29-18(25)20-19(2,3)4/h6-8,15H,9-10H2,1-5H3,(H,20,25)/t15-/m0/s1. The third-order valence-electron chi connectivity index (χ3n) is 3.94. The third kappa shape index (κ3) is 5.15. The molecular formula is C19H24N4O6. The molecule has 10 nitrogen and oxygen atoms in total. The maximum atomic E-state index is 12.8. The maximum Gasteiger partial charge on any atom is 0.408 e. The van der Waals surface area contributed by atoms with Crippen molar-refractivity contribution in [3.05, 3.63) is 30.0 Å². The van der Waals surface area contributed by atoms with Crippen LogP contribution in [0, 0.1) is 6.92 Å². The predicted octanol–water partition coefficient (Wildman–Crippen LogP) is 2.21. The molecule has 0 saturated heterocycles. The summed E-state index contributed by atoms with van der Waals surface area (Å²) in [6.07, 6.45) is -1.75. The molecule has 1 aliphatic rings. The van der Waals surface area contributed by atoms with Gasteiger partial charge in [0.15, 0.2) is 6.61 Å². The fourth-order valence-corrected chi connectivity index (χ4v) is 2.63. The van der Waals surface area contributed by atoms with Crippen molar-refractivity contribution in [1.82, 2.24) is 15.5 Å². The van der Waals surface area contributed by atoms with Crippen LogP contribution in [0.3, 0.4) is 0 Å². The number of likely N-dealkylation sites (N-methyl/N-ethyl adjacent to an activating group) is 1. The monoisotopic (exact) mass is 404 g/mol. The molecule has 1 atom stereocenters. The van der Waals surface area contributed by atoms with Crippen molar-refractivity contribution < 1.29 is 28.2 Å². The summed E-state index contributed by atoms with van der Waals surface area (Å²) in [6, 6.07) is 5.05. The molecule has 2 aromatic rings. The lowest BCUT2D eigenvalue weighted by Gasteiger charge is -2.23. The van der Waals surface area contributed by atoms with E-state index < -0.39 is 23.6 Å². The van der Waals surface area contributed by atoms with Gasteiger partial charge in [0.05, 0.1) is 5.69 Å². The van der Waals surface area contributed by atoms with Crippen molar-refractivity contribution in [2.45, 2.75) is 45.9 Å². The summed E-state index contributed by atoms with van der Waals surface area (Å²) >= 11 is 0. The molecule has 0 saturated carbocycles. The molecule has 1 N–H and O–H groups in total. The number of rotatable bonds is 4. The van der Waals surface area contributed by atoms with E-state index in [9.17, 15) is 9.59 Å². The second kappa shape index (κ2) is 7.98. The number of carbonyl (C=O) groups excluding carboxylic acids is 2. The van der Waals surface area contributed by atoms with Crippen molar-refractivity contribution in [3.63, 3.8) is 0 Å². The van der Waals surface area contributed by atoms with Gasteiger partial charge in [0.25, 0.3) is 11.8 Å². The molecule has 0 fully saturated rings. The first kappa shape index (κ1) is 20.4. The van der Waals surface area contributed by atoms with Crippen LogP contribution in [0.4, 0.5) is 10.5 Å². The van der Waals surface area contributed by atoms with Crippen LogP contribution in [0.2, 0.25) is 0 Å². The minimum atomic E-state index is -1.07. The quantitative estimate of drug-likeness (QED) is 0.824. The number of ether oxygens (including phenoxy) is 3. The summed E-state index contributed by atoms with van der Waals surface area (Å²) in [7, 11) is 1.58. The van der Waals surface area contributed by atoms with Crippen LogP contribution >= 0.6 is 0 Å². The van der Waals surface area contributed by atoms with Gasteiger partial charge in [-0.1, -0.05) is 0 Å². The van der Waals surface area contributed by atoms with E-state index in [4.69, 9.17) is 18.6 Å². The molecule has 1 aromatic heterocycles. The number of fused-ring (bicyclic) bond motifs is 1. The number of nitrogens with one attached hydrogen (secondary N) is 1. The lowest BCUT2D eigenvalue weighted by Crippen LogP contribution is -2.46. The van der Waals surface area contributed by atoms with E-state index in [0.717, 1.165) is 0 Å². The Balaban J connectivity index is 1.70. The number of anilines is 1. The smallest absolute Gasteiger partial charge is 0.408 e. The number of aryl methyl sites for hydroxylation is 1. The minimum Gasteiger partial charge on any atom is -0.487 e. The first-order chi connectivity index (χ1) is 13.6. The molecule has 0 spiro atoms. The number of alkyl carbamates (subject to hydrolysis) is 1. The largest absolute Gasteiger partial charge is 0.487 e. The molecule has 1 aromatic carbocycles. The second-order valence-corrected chi connectivity index (χ2v) is 7.61. The van der Waals surface area contributed by atoms with E-state index in [1.54, 1.807) is 32.2 Å². The molecule has 3 rings (SSSR count). The zero-order valence-corrected chi connectivity index (χ0v) is 17.0. The molecule has 0 bridgehead atoms. The van der Waals surface area contributed by atoms with Crippen molar-refractivity contribution in [2.75, 3.05) is 18.6 Å². The highest BCUT2D eigenvalue weighted by Gasteiger charge is 2.33. The predicted molar refractivity (Wildman–Crippen MR) is 102 cm³/mol. The highest BCUT2D eigenvalue weighted by molar-refractivity contribution is 5.99. The lowest BCUT2D eigenvalue weighted by atomic mass is 10.1. The van der Waals surface area contributed by atoms with Crippen molar-refractivity contribution in [2.24, 2.45) is 0 Å². The van der Waals surface area contributed by atoms with Gasteiger partial charge in [-0.3, -0.25) is 4.79 Å². The molecular weight excluding hydrogens is 380 g/mol. The van der Waals surface area contributed by atoms with E-state index in [1.165, 1.54) is 4.90 Å². The van der Waals surface area contributed by atoms with Gasteiger partial charge in [-0.25, -0.2) is 4.79 Å². The normalized spacial score (nSPS) is 16.5. The highest BCUT2D eigenvalue weighted by Crippen LogP contribution is 2.34. The zero-order chi connectivity index (χ0) is 21.2. The Kier molecular flexibility index (Phi) is 5.62. The topological polar surface area (TPSA) is 116 Å². The number of hydrogen-bond acceptors (Lipinski definition) is 8. The summed E-state index contributed by atoms with van der Waals surface area (Å²) in [5.41, 5.74) is 0.0144. The van der Waals surface area contributed by atoms with Crippen LogP contribution in [0.25, 0.3) is 0 Å². The van der Waals surface area contributed by atoms with E-state index >= 15 is 0 Å². The van der Waals surface area contributed by atoms with E-state index in [1.807, 2.05) is 20.8 Å². The van der Waals surface area contributed by atoms with E-state index in [2.05, 4.69) is 15.5 Å². The summed E-state index contributed by atoms with van der Waals surface area (Å²) < 4.78 is 21.9. The van der Waals surface area contributed by atoms with Gasteiger partial charge >= 0.3 is 6.09 Å². The van der Waals surface area contributed by atoms with Crippen molar-refractivity contribution in [1.29, 1.82) is 0 Å². The molecule has 0 aliphatic carbocycles. The van der Waals surface area contributed by atoms with Gasteiger partial charge in [0, 0.05) is 25.6 Å². The third-order valence-corrected chi connectivity index (χ3v) is 3.94. The average molecular weight is 404 g/mol. The molecule has 0 radical (unpaired) electrons. The first-order valence-corrected chi connectivity index (χ1v) is 9.07. The first-order valence-electron chi connectivity index (χ1n) is 9.07. The van der Waals surface area contributed by atoms with Crippen LogP contribution in [-0.2, 0) is 16.1 Å². The van der Waals surface area contributed by atoms with Crippen LogP contribution in [0.1, 0.15) is 32.6 Å². The van der Waals surface area contributed by atoms with Gasteiger partial charge in [-0.2, -0.15) is 0 Å². The van der Waals surface area contributed by atoms with E-state index in [-0.39, 0.29) is 13.2 Å². The van der Waals surface area contributed by atoms with Gasteiger partial charge in [0.2, 0.25) is 12.0 Å². The summed E-state index contributed by atoms with van der Waals surface area (Å²) in [4.78, 5) is 26.2. The van der Waals surface area contributed by atoms with Gasteiger partial charge in [-0.15, -0.1) is 10.2 Å². The van der Waals surface area contributed by atoms with Crippen LogP contribution in [0.5, 0.6) is 11.5 Å². The Bertz CT molecular complexity index is 904. The van der Waals surface area contributed by atoms with E-state index in [0.29, 0.717) is 29.0 Å². The lowest BCUT2D eigenvalue weighted by molar-refractivity contribution is -0.127. The van der Waals surface area contributed by atoms with Crippen LogP contribution in [0.15, 0.2) is 22.6 Å². The van der Waals surface area contributed by atoms with Crippen LogP contribution in [-0.4, -0.2) is 47.5 Å². The zero-order valence-electron chi connectivity index (χ0n) is 17.0. The number of carbonyl (C=O) groups is 2. The Morgan fingerprint density at radius 3 is 2.76 bits per heavy atom. The van der Waals surface area contributed by atoms with Crippen molar-refractivity contribution in [3.8, 4) is 11.5 Å². The van der Waals surface area contributed by atoms with Crippen molar-refractivity contribution >= 4 is 17.7 Å². The number of amides is 2. The minimum absolute atomic E-state index is 0.0881. The number of nitrogens with zero attached hydrogens (tertiary/aromatic N) is 3. The van der Waals surface area contributed by atoms with Crippen LogP contribution < -0.4 is 19.7 Å². The summed E-state index contributed by atoms with van der Waals surface area (Å²) in [5, 5.41) is 10.3. The Morgan fingerprint density at radius 2 is 2.10 bits per heavy atom. The maximum absolute atomic E-state index is 12.8. The molecule has 0 unspecified atom stereocenters. The number of benzene rings is 1. The van der Waals surface area contributed by atoms with Gasteiger partial charge in [-0.05, 0) is 32.9 Å².